The van der Waals surface area contributed by atoms with Gasteiger partial charge in [-0.25, -0.2) is 13.1 Å². The van der Waals surface area contributed by atoms with Crippen LogP contribution in [0.4, 0.5) is 0 Å². The molecule has 0 spiro atoms. The molecule has 0 bridgehead atoms. The van der Waals surface area contributed by atoms with Crippen molar-refractivity contribution in [3.63, 3.8) is 0 Å². The number of furan rings is 1. The summed E-state index contributed by atoms with van der Waals surface area (Å²) < 4.78 is 31.2. The molecule has 3 heterocycles. The van der Waals surface area contributed by atoms with E-state index in [0.29, 0.717) is 26.2 Å². The van der Waals surface area contributed by atoms with Gasteiger partial charge in [-0.15, -0.1) is 12.4 Å². The van der Waals surface area contributed by atoms with Crippen LogP contribution in [0.2, 0.25) is 0 Å². The minimum absolute atomic E-state index is 0. The number of nitrogens with zero attached hydrogens (tertiary/aromatic N) is 2. The zero-order valence-corrected chi connectivity index (χ0v) is 17.0. The van der Waals surface area contributed by atoms with E-state index < -0.39 is 10.0 Å². The smallest absolute Gasteiger partial charge is 0.273 e. The van der Waals surface area contributed by atoms with Gasteiger partial charge in [-0.2, -0.15) is 0 Å². The number of carbonyl (C=O) groups excluding carboxylic acids is 2. The van der Waals surface area contributed by atoms with E-state index in [1.807, 2.05) is 4.90 Å². The average molecular weight is 421 g/mol. The van der Waals surface area contributed by atoms with Crippen LogP contribution in [0.5, 0.6) is 0 Å². The molecule has 1 unspecified atom stereocenters. The first kappa shape index (κ1) is 21.7. The summed E-state index contributed by atoms with van der Waals surface area (Å²) in [5, 5.41) is 2.77. The molecule has 0 aromatic carbocycles. The zero-order chi connectivity index (χ0) is 18.9. The number of piperazine rings is 1. The number of rotatable bonds is 4. The summed E-state index contributed by atoms with van der Waals surface area (Å²) in [4.78, 5) is 28.5. The van der Waals surface area contributed by atoms with Crippen LogP contribution < -0.4 is 10.0 Å². The molecule has 2 fully saturated rings. The number of sulfonamides is 1. The second-order valence-corrected chi connectivity index (χ2v) is 8.37. The highest BCUT2D eigenvalue weighted by molar-refractivity contribution is 7.89. The topological polar surface area (TPSA) is 112 Å². The van der Waals surface area contributed by atoms with Gasteiger partial charge in [-0.3, -0.25) is 9.59 Å². The Kier molecular flexibility index (Phi) is 6.90. The van der Waals surface area contributed by atoms with Gasteiger partial charge in [0.1, 0.15) is 5.76 Å². The maximum absolute atomic E-state index is 12.9. The molecule has 2 aliphatic heterocycles. The fourth-order valence-corrected chi connectivity index (χ4v) is 4.18. The summed E-state index contributed by atoms with van der Waals surface area (Å²) in [6, 6.07) is 1.26. The van der Waals surface area contributed by atoms with Crippen LogP contribution in [0.1, 0.15) is 29.0 Å². The van der Waals surface area contributed by atoms with Gasteiger partial charge in [0.25, 0.3) is 15.9 Å². The monoisotopic (exact) mass is 420 g/mol. The third-order valence-electron chi connectivity index (χ3n) is 4.91. The number of piperidine rings is 1. The maximum Gasteiger partial charge on any atom is 0.273 e. The van der Waals surface area contributed by atoms with Crippen LogP contribution in [-0.2, 0) is 14.8 Å². The highest BCUT2D eigenvalue weighted by Crippen LogP contribution is 2.23. The average Bonchev–Trinajstić information content (AvgIpc) is 3.04. The van der Waals surface area contributed by atoms with Crippen LogP contribution in [0.25, 0.3) is 0 Å². The van der Waals surface area contributed by atoms with Crippen molar-refractivity contribution in [2.45, 2.75) is 30.9 Å². The minimum atomic E-state index is -3.75. The SMILES string of the molecule is CNS(=O)(=O)c1cc(C(=O)N2CCCC(N3CCNCC3=O)C2)c(C)o1.Cl. The van der Waals surface area contributed by atoms with Crippen molar-refractivity contribution in [3.8, 4) is 0 Å². The fourth-order valence-electron chi connectivity index (χ4n) is 3.47. The molecular formula is C16H25ClN4O5S. The molecular weight excluding hydrogens is 396 g/mol. The highest BCUT2D eigenvalue weighted by Gasteiger charge is 2.33. The largest absolute Gasteiger partial charge is 0.448 e. The standard InChI is InChI=1S/C16H24N4O5S.ClH/c1-11-13(8-15(25-11)26(23,24)17-2)16(22)19-6-3-4-12(10-19)20-7-5-18-9-14(20)21;/h8,12,17-18H,3-7,9-10H2,1-2H3;1H. The van der Waals surface area contributed by atoms with E-state index in [0.717, 1.165) is 19.4 Å². The Labute approximate surface area is 164 Å². The van der Waals surface area contributed by atoms with E-state index in [1.54, 1.807) is 11.8 Å². The summed E-state index contributed by atoms with van der Waals surface area (Å²) in [7, 11) is -2.46. The Morgan fingerprint density at radius 2 is 2.11 bits per heavy atom. The number of likely N-dealkylation sites (tertiary alicyclic amines) is 1. The van der Waals surface area contributed by atoms with Gasteiger partial charge in [0.05, 0.1) is 12.1 Å². The summed E-state index contributed by atoms with van der Waals surface area (Å²) in [5.74, 6) is 0.0534. The summed E-state index contributed by atoms with van der Waals surface area (Å²) >= 11 is 0. The molecule has 2 amide bonds. The number of nitrogens with one attached hydrogen (secondary N) is 2. The van der Waals surface area contributed by atoms with E-state index >= 15 is 0 Å². The van der Waals surface area contributed by atoms with Crippen LogP contribution >= 0.6 is 12.4 Å². The van der Waals surface area contributed by atoms with Crippen molar-refractivity contribution >= 4 is 34.2 Å². The lowest BCUT2D eigenvalue weighted by Crippen LogP contribution is -2.57. The van der Waals surface area contributed by atoms with Gasteiger partial charge in [-0.1, -0.05) is 0 Å². The number of amides is 2. The third-order valence-corrected chi connectivity index (χ3v) is 6.18. The normalized spacial score (nSPS) is 21.1. The van der Waals surface area contributed by atoms with Gasteiger partial charge in [-0.05, 0) is 26.8 Å². The van der Waals surface area contributed by atoms with Crippen molar-refractivity contribution < 1.29 is 22.4 Å². The van der Waals surface area contributed by atoms with Crippen LogP contribution in [-0.4, -0.2) is 75.8 Å². The van der Waals surface area contributed by atoms with Gasteiger partial charge in [0.2, 0.25) is 11.0 Å². The first-order chi connectivity index (χ1) is 12.3. The van der Waals surface area contributed by atoms with Gasteiger partial charge >= 0.3 is 0 Å². The van der Waals surface area contributed by atoms with Crippen molar-refractivity contribution in [1.82, 2.24) is 19.8 Å². The molecule has 3 rings (SSSR count). The molecule has 152 valence electrons. The molecule has 9 nitrogen and oxygen atoms in total. The molecule has 2 aliphatic rings. The molecule has 1 atom stereocenters. The molecule has 0 aliphatic carbocycles. The molecule has 2 N–H and O–H groups in total. The Morgan fingerprint density at radius 1 is 1.37 bits per heavy atom. The minimum Gasteiger partial charge on any atom is -0.448 e. The van der Waals surface area contributed by atoms with Crippen molar-refractivity contribution in [3.05, 3.63) is 17.4 Å². The Morgan fingerprint density at radius 3 is 2.78 bits per heavy atom. The Hall–Kier alpha value is -1.62. The molecule has 27 heavy (non-hydrogen) atoms. The van der Waals surface area contributed by atoms with Crippen molar-refractivity contribution in [2.24, 2.45) is 0 Å². The van der Waals surface area contributed by atoms with Crippen LogP contribution in [0.3, 0.4) is 0 Å². The summed E-state index contributed by atoms with van der Waals surface area (Å²) in [6.07, 6.45) is 1.66. The number of aryl methyl sites for hydroxylation is 1. The molecule has 0 radical (unpaired) electrons. The predicted octanol–water partition coefficient (Wildman–Crippen LogP) is -0.0457. The zero-order valence-electron chi connectivity index (χ0n) is 15.4. The lowest BCUT2D eigenvalue weighted by atomic mass is 10.0. The molecule has 1 aromatic rings. The first-order valence-corrected chi connectivity index (χ1v) is 10.1. The lowest BCUT2D eigenvalue weighted by Gasteiger charge is -2.41. The second kappa shape index (κ2) is 8.59. The summed E-state index contributed by atoms with van der Waals surface area (Å²) in [6.45, 7) is 4.32. The van der Waals surface area contributed by atoms with Crippen molar-refractivity contribution in [2.75, 3.05) is 39.8 Å². The van der Waals surface area contributed by atoms with Crippen LogP contribution in [0.15, 0.2) is 15.6 Å². The fraction of sp³-hybridized carbons (Fsp3) is 0.625. The number of halogens is 1. The van der Waals surface area contributed by atoms with Gasteiger partial charge < -0.3 is 19.5 Å². The van der Waals surface area contributed by atoms with E-state index in [-0.39, 0.29) is 46.7 Å². The molecule has 11 heteroatoms. The predicted molar refractivity (Wildman–Crippen MR) is 100 cm³/mol. The molecule has 1 aromatic heterocycles. The second-order valence-electron chi connectivity index (χ2n) is 6.55. The molecule has 2 saturated heterocycles. The van der Waals surface area contributed by atoms with Gasteiger partial charge in [0.15, 0.2) is 0 Å². The van der Waals surface area contributed by atoms with Gasteiger partial charge in [0, 0.05) is 38.3 Å². The Bertz CT molecular complexity index is 810. The van der Waals surface area contributed by atoms with E-state index in [1.165, 1.54) is 13.1 Å². The third kappa shape index (κ3) is 4.45. The summed E-state index contributed by atoms with van der Waals surface area (Å²) in [5.41, 5.74) is 0.242. The van der Waals surface area contributed by atoms with E-state index in [2.05, 4.69) is 10.0 Å². The highest BCUT2D eigenvalue weighted by atomic mass is 35.5. The van der Waals surface area contributed by atoms with E-state index in [4.69, 9.17) is 4.42 Å². The van der Waals surface area contributed by atoms with Crippen LogP contribution in [0, 0.1) is 6.92 Å². The number of carbonyl (C=O) groups is 2. The van der Waals surface area contributed by atoms with E-state index in [9.17, 15) is 18.0 Å². The lowest BCUT2D eigenvalue weighted by molar-refractivity contribution is -0.135. The van der Waals surface area contributed by atoms with Crippen molar-refractivity contribution in [1.29, 1.82) is 0 Å². The number of hydrogen-bond acceptors (Lipinski definition) is 6. The molecule has 0 saturated carbocycles. The Balaban J connectivity index is 0.00000261. The number of hydrogen-bond donors (Lipinski definition) is 2. The maximum atomic E-state index is 12.9. The first-order valence-electron chi connectivity index (χ1n) is 8.67. The quantitative estimate of drug-likeness (QED) is 0.706.